The van der Waals surface area contributed by atoms with Crippen LogP contribution >= 0.6 is 11.8 Å². The maximum absolute atomic E-state index is 12.7. The van der Waals surface area contributed by atoms with E-state index < -0.39 is 0 Å². The Morgan fingerprint density at radius 2 is 2.10 bits per heavy atom. The smallest absolute Gasteiger partial charge is 0.262 e. The molecule has 4 rings (SSSR count). The fourth-order valence-electron chi connectivity index (χ4n) is 3.11. The number of hydrogen-bond acceptors (Lipinski definition) is 7. The summed E-state index contributed by atoms with van der Waals surface area (Å²) in [6.45, 7) is 4.29. The number of hydrogen-bond donors (Lipinski definition) is 1. The van der Waals surface area contributed by atoms with Gasteiger partial charge in [-0.1, -0.05) is 17.8 Å². The van der Waals surface area contributed by atoms with Crippen LogP contribution in [0.2, 0.25) is 0 Å². The fraction of sp³-hybridized carbons (Fsp3) is 0.182. The molecule has 0 radical (unpaired) electrons. The minimum absolute atomic E-state index is 0.0222. The van der Waals surface area contributed by atoms with Crippen molar-refractivity contribution in [3.8, 4) is 22.9 Å². The van der Waals surface area contributed by atoms with Crippen molar-refractivity contribution in [1.29, 1.82) is 0 Å². The maximum Gasteiger partial charge on any atom is 0.262 e. The van der Waals surface area contributed by atoms with Crippen molar-refractivity contribution in [3.63, 3.8) is 0 Å². The average molecular weight is 436 g/mol. The quantitative estimate of drug-likeness (QED) is 0.328. The van der Waals surface area contributed by atoms with Crippen LogP contribution in [0.25, 0.3) is 11.4 Å². The molecule has 31 heavy (non-hydrogen) atoms. The number of allylic oxidation sites excluding steroid dienone is 1. The first-order valence-corrected chi connectivity index (χ1v) is 10.5. The monoisotopic (exact) mass is 436 g/mol. The average Bonchev–Trinajstić information content (AvgIpc) is 3.19. The minimum Gasteiger partial charge on any atom is -0.497 e. The van der Waals surface area contributed by atoms with Crippen molar-refractivity contribution in [2.75, 3.05) is 24.8 Å². The van der Waals surface area contributed by atoms with Gasteiger partial charge in [-0.15, -0.1) is 16.8 Å². The van der Waals surface area contributed by atoms with Crippen molar-refractivity contribution in [2.45, 2.75) is 11.7 Å². The molecule has 0 spiro atoms. The van der Waals surface area contributed by atoms with E-state index in [9.17, 15) is 9.59 Å². The molecule has 0 unspecified atom stereocenters. The Labute approximate surface area is 183 Å². The van der Waals surface area contributed by atoms with E-state index in [1.807, 2.05) is 28.8 Å². The van der Waals surface area contributed by atoms with Crippen molar-refractivity contribution < 1.29 is 19.1 Å². The van der Waals surface area contributed by atoms with Crippen LogP contribution in [-0.2, 0) is 11.3 Å². The summed E-state index contributed by atoms with van der Waals surface area (Å²) in [6.07, 6.45) is 1.76. The van der Waals surface area contributed by atoms with Crippen LogP contribution in [0.15, 0.2) is 60.3 Å². The third-order valence-corrected chi connectivity index (χ3v) is 5.61. The van der Waals surface area contributed by atoms with Gasteiger partial charge in [-0.05, 0) is 42.5 Å². The highest BCUT2D eigenvalue weighted by Crippen LogP contribution is 2.30. The lowest BCUT2D eigenvalue weighted by Gasteiger charge is -2.18. The molecule has 1 N–H and O–H groups in total. The van der Waals surface area contributed by atoms with Crippen LogP contribution in [0.4, 0.5) is 5.69 Å². The molecule has 9 heteroatoms. The van der Waals surface area contributed by atoms with Crippen molar-refractivity contribution >= 4 is 29.1 Å². The predicted octanol–water partition coefficient (Wildman–Crippen LogP) is 3.45. The number of nitrogens with one attached hydrogen (secondary N) is 1. The molecule has 8 nitrogen and oxygen atoms in total. The van der Waals surface area contributed by atoms with Crippen molar-refractivity contribution in [2.24, 2.45) is 0 Å². The van der Waals surface area contributed by atoms with Gasteiger partial charge in [-0.2, -0.15) is 0 Å². The molecular formula is C22H20N4O4S. The predicted molar refractivity (Wildman–Crippen MR) is 118 cm³/mol. The van der Waals surface area contributed by atoms with Gasteiger partial charge in [0.15, 0.2) is 23.4 Å². The zero-order valence-corrected chi connectivity index (χ0v) is 17.6. The highest BCUT2D eigenvalue weighted by Gasteiger charge is 2.19. The number of amides is 1. The van der Waals surface area contributed by atoms with Crippen LogP contribution < -0.4 is 14.8 Å². The largest absolute Gasteiger partial charge is 0.497 e. The molecule has 0 saturated heterocycles. The third kappa shape index (κ3) is 4.46. The van der Waals surface area contributed by atoms with Gasteiger partial charge in [0.25, 0.3) is 5.91 Å². The molecule has 1 aliphatic heterocycles. The number of rotatable bonds is 8. The Kier molecular flexibility index (Phi) is 6.03. The standard InChI is InChI=1S/C22H20N4O4S/c1-3-10-26-21(14-4-7-16(29-2)8-5-14)24-25-22(26)31-13-18(27)15-6-9-19-17(11-15)23-20(28)12-30-19/h3-9,11H,1,10,12-13H2,2H3,(H,23,28). The molecule has 158 valence electrons. The van der Waals surface area contributed by atoms with E-state index in [2.05, 4.69) is 22.1 Å². The Balaban J connectivity index is 1.51. The molecule has 0 bridgehead atoms. The number of Topliss-reactive ketones (excluding diaryl/α,β-unsaturated/α-hetero) is 1. The second kappa shape index (κ2) is 9.05. The number of nitrogens with zero attached hydrogens (tertiary/aromatic N) is 3. The molecular weight excluding hydrogens is 416 g/mol. The Hall–Kier alpha value is -3.59. The van der Waals surface area contributed by atoms with Gasteiger partial charge < -0.3 is 14.8 Å². The van der Waals surface area contributed by atoms with E-state index in [4.69, 9.17) is 9.47 Å². The van der Waals surface area contributed by atoms with Gasteiger partial charge in [-0.3, -0.25) is 14.2 Å². The molecule has 0 fully saturated rings. The molecule has 2 heterocycles. The van der Waals surface area contributed by atoms with Crippen LogP contribution in [0.3, 0.4) is 0 Å². The van der Waals surface area contributed by atoms with E-state index in [-0.39, 0.29) is 24.1 Å². The molecule has 0 saturated carbocycles. The lowest BCUT2D eigenvalue weighted by Crippen LogP contribution is -2.25. The second-order valence-electron chi connectivity index (χ2n) is 6.69. The summed E-state index contributed by atoms with van der Waals surface area (Å²) < 4.78 is 12.4. The first-order chi connectivity index (χ1) is 15.1. The number of carbonyl (C=O) groups is 2. The summed E-state index contributed by atoms with van der Waals surface area (Å²) >= 11 is 1.30. The Bertz CT molecular complexity index is 1140. The molecule has 0 aliphatic carbocycles. The molecule has 1 aliphatic rings. The van der Waals surface area contributed by atoms with Crippen molar-refractivity contribution in [3.05, 3.63) is 60.7 Å². The number of ether oxygens (including phenoxy) is 2. The number of benzene rings is 2. The third-order valence-electron chi connectivity index (χ3n) is 4.64. The SMILES string of the molecule is C=CCn1c(SCC(=O)c2ccc3c(c2)NC(=O)CO3)nnc1-c1ccc(OC)cc1. The topological polar surface area (TPSA) is 95.3 Å². The molecule has 1 aromatic heterocycles. The van der Waals surface area contributed by atoms with Gasteiger partial charge >= 0.3 is 0 Å². The number of fused-ring (bicyclic) bond motifs is 1. The molecule has 2 aromatic carbocycles. The van der Waals surface area contributed by atoms with E-state index in [1.54, 1.807) is 31.4 Å². The molecule has 1 amide bonds. The van der Waals surface area contributed by atoms with Crippen molar-refractivity contribution in [1.82, 2.24) is 14.8 Å². The Morgan fingerprint density at radius 1 is 1.29 bits per heavy atom. The first-order valence-electron chi connectivity index (χ1n) is 9.50. The number of anilines is 1. The summed E-state index contributed by atoms with van der Waals surface area (Å²) in [6, 6.07) is 12.5. The Morgan fingerprint density at radius 3 is 2.84 bits per heavy atom. The number of carbonyl (C=O) groups excluding carboxylic acids is 2. The lowest BCUT2D eigenvalue weighted by atomic mass is 10.1. The number of thioether (sulfide) groups is 1. The summed E-state index contributed by atoms with van der Waals surface area (Å²) in [5.74, 6) is 1.84. The lowest BCUT2D eigenvalue weighted by molar-refractivity contribution is -0.118. The van der Waals surface area contributed by atoms with Crippen LogP contribution in [0.1, 0.15) is 10.4 Å². The second-order valence-corrected chi connectivity index (χ2v) is 7.64. The highest BCUT2D eigenvalue weighted by atomic mass is 32.2. The summed E-state index contributed by atoms with van der Waals surface area (Å²) in [5, 5.41) is 11.9. The highest BCUT2D eigenvalue weighted by molar-refractivity contribution is 7.99. The van der Waals surface area contributed by atoms with E-state index in [0.717, 1.165) is 11.3 Å². The normalized spacial score (nSPS) is 12.5. The van der Waals surface area contributed by atoms with E-state index >= 15 is 0 Å². The summed E-state index contributed by atoms with van der Waals surface area (Å²) in [5.41, 5.74) is 1.88. The zero-order chi connectivity index (χ0) is 21.8. The zero-order valence-electron chi connectivity index (χ0n) is 16.8. The van der Waals surface area contributed by atoms with Crippen LogP contribution in [-0.4, -0.2) is 45.9 Å². The fourth-order valence-corrected chi connectivity index (χ4v) is 3.96. The number of aromatic nitrogens is 3. The van der Waals surface area contributed by atoms with Gasteiger partial charge in [0, 0.05) is 17.7 Å². The van der Waals surface area contributed by atoms with Crippen LogP contribution in [0.5, 0.6) is 11.5 Å². The summed E-state index contributed by atoms with van der Waals surface area (Å²) in [7, 11) is 1.62. The number of methoxy groups -OCH3 is 1. The molecule has 3 aromatic rings. The van der Waals surface area contributed by atoms with Gasteiger partial charge in [-0.25, -0.2) is 0 Å². The van der Waals surface area contributed by atoms with Gasteiger partial charge in [0.05, 0.1) is 18.6 Å². The van der Waals surface area contributed by atoms with Crippen LogP contribution in [0, 0.1) is 0 Å². The van der Waals surface area contributed by atoms with Gasteiger partial charge in [0.1, 0.15) is 11.5 Å². The first kappa shape index (κ1) is 20.7. The van der Waals surface area contributed by atoms with E-state index in [1.165, 1.54) is 11.8 Å². The number of ketones is 1. The minimum atomic E-state index is -0.241. The van der Waals surface area contributed by atoms with E-state index in [0.29, 0.717) is 34.5 Å². The summed E-state index contributed by atoms with van der Waals surface area (Å²) in [4.78, 5) is 24.2. The maximum atomic E-state index is 12.7. The van der Waals surface area contributed by atoms with Gasteiger partial charge in [0.2, 0.25) is 0 Å². The molecule has 0 atom stereocenters.